The van der Waals surface area contributed by atoms with Gasteiger partial charge in [0.05, 0.1) is 0 Å². The number of carbonyl (C=O) groups excluding carboxylic acids is 2. The van der Waals surface area contributed by atoms with E-state index in [1.54, 1.807) is 0 Å². The van der Waals surface area contributed by atoms with Crippen molar-refractivity contribution in [3.8, 4) is 0 Å². The zero-order chi connectivity index (χ0) is 8.77. The van der Waals surface area contributed by atoms with Crippen LogP contribution in [0, 0.1) is 5.41 Å². The normalized spacial score (nSPS) is 40.9. The number of carbonyl (C=O) groups is 2. The first-order valence-corrected chi connectivity index (χ1v) is 4.45. The van der Waals surface area contributed by atoms with Gasteiger partial charge in [-0.15, -0.1) is 0 Å². The van der Waals surface area contributed by atoms with Crippen LogP contribution in [-0.2, 0) is 9.59 Å². The molecule has 1 saturated heterocycles. The minimum atomic E-state index is -0.242. The van der Waals surface area contributed by atoms with Gasteiger partial charge in [0.1, 0.15) is 5.78 Å². The van der Waals surface area contributed by atoms with Gasteiger partial charge in [-0.3, -0.25) is 9.59 Å². The van der Waals surface area contributed by atoms with Crippen LogP contribution in [0.25, 0.3) is 0 Å². The predicted molar refractivity (Wildman–Crippen MR) is 43.5 cm³/mol. The van der Waals surface area contributed by atoms with E-state index >= 15 is 0 Å². The molecule has 1 heterocycles. The highest BCUT2D eigenvalue weighted by molar-refractivity contribution is 5.91. The average Bonchev–Trinajstić information content (AvgIpc) is 2.31. The Kier molecular flexibility index (Phi) is 1.50. The fraction of sp³-hybridized carbons (Fsp3) is 0.778. The van der Waals surface area contributed by atoms with Crippen LogP contribution in [0.15, 0.2) is 0 Å². The molecule has 3 heteroatoms. The first-order valence-electron chi connectivity index (χ1n) is 4.45. The molecule has 1 N–H and O–H groups in total. The lowest BCUT2D eigenvalue weighted by molar-refractivity contribution is -0.131. The molecule has 2 fully saturated rings. The van der Waals surface area contributed by atoms with Gasteiger partial charge in [-0.1, -0.05) is 6.92 Å². The Morgan fingerprint density at radius 1 is 1.42 bits per heavy atom. The molecule has 12 heavy (non-hydrogen) atoms. The summed E-state index contributed by atoms with van der Waals surface area (Å²) in [4.78, 5) is 22.5. The maximum atomic E-state index is 11.5. The molecule has 2 unspecified atom stereocenters. The molecular weight excluding hydrogens is 154 g/mol. The number of rotatable bonds is 0. The summed E-state index contributed by atoms with van der Waals surface area (Å²) < 4.78 is 0. The van der Waals surface area contributed by atoms with Crippen molar-refractivity contribution in [2.75, 3.05) is 0 Å². The summed E-state index contributed by atoms with van der Waals surface area (Å²) in [6.45, 7) is 1.98. The Morgan fingerprint density at radius 2 is 2.17 bits per heavy atom. The largest absolute Gasteiger partial charge is 0.352 e. The molecule has 3 nitrogen and oxygen atoms in total. The second-order valence-electron chi connectivity index (χ2n) is 4.00. The Hall–Kier alpha value is -0.860. The summed E-state index contributed by atoms with van der Waals surface area (Å²) in [5.41, 5.74) is -0.242. The summed E-state index contributed by atoms with van der Waals surface area (Å²) in [6.07, 6.45) is 2.73. The molecule has 66 valence electrons. The molecule has 1 aliphatic carbocycles. The minimum absolute atomic E-state index is 0.104. The van der Waals surface area contributed by atoms with Gasteiger partial charge in [0, 0.05) is 24.3 Å². The lowest BCUT2D eigenvalue weighted by Crippen LogP contribution is -2.50. The number of hydrogen-bond donors (Lipinski definition) is 1. The molecule has 0 bridgehead atoms. The van der Waals surface area contributed by atoms with Gasteiger partial charge < -0.3 is 5.32 Å². The number of piperidine rings is 1. The molecule has 2 atom stereocenters. The van der Waals surface area contributed by atoms with E-state index in [1.807, 2.05) is 6.92 Å². The van der Waals surface area contributed by atoms with Gasteiger partial charge in [0.2, 0.25) is 5.91 Å². The van der Waals surface area contributed by atoms with Crippen molar-refractivity contribution in [1.29, 1.82) is 0 Å². The number of amides is 1. The van der Waals surface area contributed by atoms with E-state index in [4.69, 9.17) is 0 Å². The van der Waals surface area contributed by atoms with Crippen LogP contribution >= 0.6 is 0 Å². The smallest absolute Gasteiger partial charge is 0.220 e. The lowest BCUT2D eigenvalue weighted by atomic mass is 9.77. The van der Waals surface area contributed by atoms with Crippen molar-refractivity contribution in [2.45, 2.75) is 38.6 Å². The van der Waals surface area contributed by atoms with Crippen molar-refractivity contribution in [1.82, 2.24) is 5.32 Å². The molecule has 0 spiro atoms. The molecule has 1 amide bonds. The molecule has 0 aromatic carbocycles. The van der Waals surface area contributed by atoms with Gasteiger partial charge in [-0.2, -0.15) is 0 Å². The summed E-state index contributed by atoms with van der Waals surface area (Å²) in [7, 11) is 0. The maximum Gasteiger partial charge on any atom is 0.220 e. The first-order chi connectivity index (χ1) is 5.63. The van der Waals surface area contributed by atoms with Gasteiger partial charge in [0.25, 0.3) is 0 Å². The van der Waals surface area contributed by atoms with E-state index in [9.17, 15) is 9.59 Å². The SMILES string of the molecule is CC12CCC(=O)NC1CCC2=O. The maximum absolute atomic E-state index is 11.5. The van der Waals surface area contributed by atoms with Crippen molar-refractivity contribution < 1.29 is 9.59 Å². The summed E-state index contributed by atoms with van der Waals surface area (Å²) in [5, 5.41) is 2.89. The highest BCUT2D eigenvalue weighted by atomic mass is 16.2. The zero-order valence-corrected chi connectivity index (χ0v) is 7.22. The second kappa shape index (κ2) is 2.31. The van der Waals surface area contributed by atoms with E-state index in [-0.39, 0.29) is 17.4 Å². The topological polar surface area (TPSA) is 46.2 Å². The first kappa shape index (κ1) is 7.77. The highest BCUT2D eigenvalue weighted by Gasteiger charge is 2.48. The van der Waals surface area contributed by atoms with Crippen molar-refractivity contribution in [2.24, 2.45) is 5.41 Å². The van der Waals surface area contributed by atoms with Crippen LogP contribution in [0.4, 0.5) is 0 Å². The summed E-state index contributed by atoms with van der Waals surface area (Å²) in [5.74, 6) is 0.430. The van der Waals surface area contributed by atoms with E-state index in [0.717, 1.165) is 12.8 Å². The van der Waals surface area contributed by atoms with Crippen LogP contribution < -0.4 is 5.32 Å². The molecular formula is C9H13NO2. The van der Waals surface area contributed by atoms with E-state index in [0.29, 0.717) is 18.6 Å². The number of hydrogen-bond acceptors (Lipinski definition) is 2. The van der Waals surface area contributed by atoms with Gasteiger partial charge in [0.15, 0.2) is 0 Å². The van der Waals surface area contributed by atoms with Crippen LogP contribution in [0.5, 0.6) is 0 Å². The zero-order valence-electron chi connectivity index (χ0n) is 7.22. The summed E-state index contributed by atoms with van der Waals surface area (Å²) in [6, 6.07) is 0.117. The van der Waals surface area contributed by atoms with Crippen molar-refractivity contribution in [3.63, 3.8) is 0 Å². The molecule has 1 saturated carbocycles. The fourth-order valence-electron chi connectivity index (χ4n) is 2.26. The van der Waals surface area contributed by atoms with E-state index < -0.39 is 0 Å². The number of Topliss-reactive ketones (excluding diaryl/α,β-unsaturated/α-hetero) is 1. The van der Waals surface area contributed by atoms with Crippen LogP contribution in [0.2, 0.25) is 0 Å². The molecule has 0 aromatic heterocycles. The van der Waals surface area contributed by atoms with Crippen LogP contribution in [0.1, 0.15) is 32.6 Å². The van der Waals surface area contributed by atoms with E-state index in [2.05, 4.69) is 5.32 Å². The monoisotopic (exact) mass is 167 g/mol. The fourth-order valence-corrected chi connectivity index (χ4v) is 2.26. The Labute approximate surface area is 71.5 Å². The standard InChI is InChI=1S/C9H13NO2/c1-9-5-4-8(12)10-6(9)2-3-7(9)11/h6H,2-5H2,1H3,(H,10,12). The Balaban J connectivity index is 2.24. The third-order valence-corrected chi connectivity index (χ3v) is 3.27. The lowest BCUT2D eigenvalue weighted by Gasteiger charge is -2.34. The Bertz CT molecular complexity index is 249. The quantitative estimate of drug-likeness (QED) is 0.575. The van der Waals surface area contributed by atoms with Crippen molar-refractivity contribution in [3.05, 3.63) is 0 Å². The predicted octanol–water partition coefficient (Wildman–Crippen LogP) is 0.634. The van der Waals surface area contributed by atoms with Crippen LogP contribution in [-0.4, -0.2) is 17.7 Å². The second-order valence-corrected chi connectivity index (χ2v) is 4.00. The van der Waals surface area contributed by atoms with Gasteiger partial charge in [-0.25, -0.2) is 0 Å². The van der Waals surface area contributed by atoms with Crippen LogP contribution in [0.3, 0.4) is 0 Å². The summed E-state index contributed by atoms with van der Waals surface area (Å²) >= 11 is 0. The number of ketones is 1. The molecule has 0 radical (unpaired) electrons. The third-order valence-electron chi connectivity index (χ3n) is 3.27. The molecule has 1 aliphatic heterocycles. The Morgan fingerprint density at radius 3 is 2.92 bits per heavy atom. The van der Waals surface area contributed by atoms with Gasteiger partial charge >= 0.3 is 0 Å². The van der Waals surface area contributed by atoms with Crippen molar-refractivity contribution >= 4 is 11.7 Å². The third kappa shape index (κ3) is 0.886. The minimum Gasteiger partial charge on any atom is -0.352 e. The number of nitrogens with one attached hydrogen (secondary N) is 1. The highest BCUT2D eigenvalue weighted by Crippen LogP contribution is 2.40. The number of fused-ring (bicyclic) bond motifs is 1. The van der Waals surface area contributed by atoms with E-state index in [1.165, 1.54) is 0 Å². The molecule has 2 aliphatic rings. The van der Waals surface area contributed by atoms with Gasteiger partial charge in [-0.05, 0) is 12.8 Å². The molecule has 2 rings (SSSR count). The average molecular weight is 167 g/mol. The molecule has 0 aromatic rings.